The van der Waals surface area contributed by atoms with Crippen molar-refractivity contribution in [3.63, 3.8) is 0 Å². The lowest BCUT2D eigenvalue weighted by atomic mass is 10.0. The number of nitrogens with one attached hydrogen (secondary N) is 1. The number of ether oxygens (including phenoxy) is 2. The zero-order valence-electron chi connectivity index (χ0n) is 25.6. The molecule has 241 valence electrons. The number of morpholine rings is 1. The fourth-order valence-electron chi connectivity index (χ4n) is 5.11. The Kier molecular flexibility index (Phi) is 9.92. The highest BCUT2D eigenvalue weighted by atomic mass is 28.3. The molecule has 5 rings (SSSR count). The van der Waals surface area contributed by atoms with Crippen molar-refractivity contribution < 1.29 is 31.8 Å². The van der Waals surface area contributed by atoms with Crippen LogP contribution in [-0.2, 0) is 10.9 Å². The monoisotopic (exact) mass is 645 g/mol. The molecule has 2 saturated heterocycles. The normalized spacial score (nSPS) is 16.1. The summed E-state index contributed by atoms with van der Waals surface area (Å²) in [4.78, 5) is 30.1. The van der Waals surface area contributed by atoms with Crippen LogP contribution in [0.5, 0.6) is 5.88 Å². The third-order valence-corrected chi connectivity index (χ3v) is 9.36. The number of hydrogen-bond acceptors (Lipinski definition) is 8. The molecule has 0 spiro atoms. The van der Waals surface area contributed by atoms with Crippen molar-refractivity contribution in [2.45, 2.75) is 44.7 Å². The molecular weight excluding hydrogens is 608 g/mol. The summed E-state index contributed by atoms with van der Waals surface area (Å²) in [7, 11) is -1.48. The van der Waals surface area contributed by atoms with E-state index in [0.717, 1.165) is 31.1 Å². The van der Waals surface area contributed by atoms with Gasteiger partial charge in [0.2, 0.25) is 11.8 Å². The topological polar surface area (TPSA) is 92.7 Å². The Hall–Kier alpha value is -3.78. The van der Waals surface area contributed by atoms with Crippen molar-refractivity contribution in [1.29, 1.82) is 0 Å². The number of amides is 1. The van der Waals surface area contributed by atoms with E-state index in [9.17, 15) is 18.0 Å². The van der Waals surface area contributed by atoms with Crippen LogP contribution >= 0.6 is 0 Å². The fraction of sp³-hybridized carbons (Fsp3) is 0.452. The van der Waals surface area contributed by atoms with Gasteiger partial charge < -0.3 is 24.6 Å². The molecular formula is C31H37F4N6O3Si. The van der Waals surface area contributed by atoms with E-state index in [-0.39, 0.29) is 23.7 Å². The van der Waals surface area contributed by atoms with Gasteiger partial charge in [0.05, 0.1) is 42.3 Å². The summed E-state index contributed by atoms with van der Waals surface area (Å²) >= 11 is 0. The number of piperidine rings is 1. The standard InChI is InChI=1S/C31H37F4N6O3Si/c1-45(2,3)14-13-44-28-16-24(31(33,34)35)23(20-36-28)29(42)39-26-15-22(25(32)17-27(26)40-7-5-4-6-8-40)21-18-37-30(38-19-21)41-9-11-43-12-10-41/h4,15-20H,5-14H2,1-3H3,(H,39,42). The van der Waals surface area contributed by atoms with Gasteiger partial charge in [-0.1, -0.05) is 19.6 Å². The molecule has 9 nitrogen and oxygen atoms in total. The highest BCUT2D eigenvalue weighted by Crippen LogP contribution is 2.38. The zero-order chi connectivity index (χ0) is 32.2. The van der Waals surface area contributed by atoms with Crippen LogP contribution in [0.25, 0.3) is 11.1 Å². The van der Waals surface area contributed by atoms with Crippen LogP contribution < -0.4 is 19.9 Å². The Morgan fingerprint density at radius 1 is 0.978 bits per heavy atom. The predicted octanol–water partition coefficient (Wildman–Crippen LogP) is 6.31. The van der Waals surface area contributed by atoms with Crippen LogP contribution in [0.2, 0.25) is 25.7 Å². The SMILES string of the molecule is C[Si](C)(C)CCOc1cc(C(F)(F)F)c(C(=O)Nc2cc(-c3cnc(N4CCOCC4)nc3)c(F)cc2N2CC[CH]CC2)cn1. The molecule has 2 aliphatic heterocycles. The van der Waals surface area contributed by atoms with Crippen molar-refractivity contribution in [2.75, 3.05) is 61.1 Å². The average molecular weight is 646 g/mol. The highest BCUT2D eigenvalue weighted by molar-refractivity contribution is 6.76. The van der Waals surface area contributed by atoms with E-state index in [1.807, 2.05) is 9.80 Å². The first-order chi connectivity index (χ1) is 21.4. The van der Waals surface area contributed by atoms with Gasteiger partial charge in [0.25, 0.3) is 5.91 Å². The van der Waals surface area contributed by atoms with Crippen LogP contribution in [0.4, 0.5) is 34.9 Å². The Bertz CT molecular complexity index is 1490. The number of pyridine rings is 1. The molecule has 1 aromatic carbocycles. The number of rotatable bonds is 9. The van der Waals surface area contributed by atoms with Gasteiger partial charge in [-0.25, -0.2) is 19.3 Å². The third-order valence-electron chi connectivity index (χ3n) is 7.65. The largest absolute Gasteiger partial charge is 0.478 e. The second-order valence-electron chi connectivity index (χ2n) is 12.3. The fourth-order valence-corrected chi connectivity index (χ4v) is 5.82. The first-order valence-corrected chi connectivity index (χ1v) is 18.7. The molecule has 1 radical (unpaired) electrons. The zero-order valence-corrected chi connectivity index (χ0v) is 26.6. The highest BCUT2D eigenvalue weighted by Gasteiger charge is 2.37. The molecule has 0 aliphatic carbocycles. The van der Waals surface area contributed by atoms with E-state index in [4.69, 9.17) is 9.47 Å². The minimum atomic E-state index is -4.84. The van der Waals surface area contributed by atoms with E-state index in [1.54, 1.807) is 0 Å². The van der Waals surface area contributed by atoms with Gasteiger partial charge in [0, 0.05) is 70.0 Å². The van der Waals surface area contributed by atoms with E-state index >= 15 is 4.39 Å². The van der Waals surface area contributed by atoms with E-state index < -0.39 is 37.1 Å². The summed E-state index contributed by atoms with van der Waals surface area (Å²) in [5.41, 5.74) is -0.832. The number of halogens is 4. The third kappa shape index (κ3) is 8.28. The molecule has 14 heteroatoms. The van der Waals surface area contributed by atoms with Crippen LogP contribution in [0.1, 0.15) is 28.8 Å². The molecule has 0 unspecified atom stereocenters. The van der Waals surface area contributed by atoms with Gasteiger partial charge in [-0.3, -0.25) is 4.79 Å². The Morgan fingerprint density at radius 2 is 1.67 bits per heavy atom. The number of carbonyl (C=O) groups is 1. The molecule has 0 bridgehead atoms. The molecule has 0 atom stereocenters. The van der Waals surface area contributed by atoms with Crippen LogP contribution in [0.3, 0.4) is 0 Å². The lowest BCUT2D eigenvalue weighted by molar-refractivity contribution is -0.138. The number of anilines is 3. The van der Waals surface area contributed by atoms with E-state index in [1.165, 1.54) is 24.5 Å². The van der Waals surface area contributed by atoms with Gasteiger partial charge >= 0.3 is 6.18 Å². The minimum Gasteiger partial charge on any atom is -0.478 e. The summed E-state index contributed by atoms with van der Waals surface area (Å²) in [5.74, 6) is -1.31. The van der Waals surface area contributed by atoms with Crippen LogP contribution in [0, 0.1) is 12.2 Å². The van der Waals surface area contributed by atoms with Gasteiger partial charge in [-0.2, -0.15) is 13.2 Å². The Morgan fingerprint density at radius 3 is 2.31 bits per heavy atom. The first-order valence-electron chi connectivity index (χ1n) is 15.0. The molecule has 2 aromatic heterocycles. The number of carbonyl (C=O) groups excluding carboxylic acids is 1. The minimum absolute atomic E-state index is 0.103. The summed E-state index contributed by atoms with van der Waals surface area (Å²) < 4.78 is 69.0. The van der Waals surface area contributed by atoms with Crippen molar-refractivity contribution in [3.05, 3.63) is 60.2 Å². The lowest BCUT2D eigenvalue weighted by Crippen LogP contribution is -2.37. The van der Waals surface area contributed by atoms with Gasteiger partial charge in [-0.05, 0) is 37.4 Å². The summed E-state index contributed by atoms with van der Waals surface area (Å²) in [6, 6.07) is 4.21. The number of nitrogens with zero attached hydrogens (tertiary/aromatic N) is 5. The van der Waals surface area contributed by atoms with E-state index in [0.29, 0.717) is 56.6 Å². The maximum Gasteiger partial charge on any atom is 0.417 e. The number of alkyl halides is 3. The quantitative estimate of drug-likeness (QED) is 0.214. The maximum absolute atomic E-state index is 15.6. The van der Waals surface area contributed by atoms with Gasteiger partial charge in [0.15, 0.2) is 0 Å². The predicted molar refractivity (Wildman–Crippen MR) is 167 cm³/mol. The number of hydrogen-bond donors (Lipinski definition) is 1. The molecule has 3 aromatic rings. The van der Waals surface area contributed by atoms with Crippen molar-refractivity contribution in [3.8, 4) is 17.0 Å². The molecule has 45 heavy (non-hydrogen) atoms. The number of aromatic nitrogens is 3. The number of benzene rings is 1. The molecule has 4 heterocycles. The van der Waals surface area contributed by atoms with Crippen molar-refractivity contribution >= 4 is 31.3 Å². The van der Waals surface area contributed by atoms with Gasteiger partial charge in [0.1, 0.15) is 5.82 Å². The smallest absolute Gasteiger partial charge is 0.417 e. The van der Waals surface area contributed by atoms with Crippen molar-refractivity contribution in [1.82, 2.24) is 15.0 Å². The first kappa shape index (κ1) is 32.6. The summed E-state index contributed by atoms with van der Waals surface area (Å²) in [5, 5.41) is 2.62. The summed E-state index contributed by atoms with van der Waals surface area (Å²) in [6.07, 6.45) is 2.62. The summed E-state index contributed by atoms with van der Waals surface area (Å²) in [6.45, 7) is 10.1. The lowest BCUT2D eigenvalue weighted by Gasteiger charge is -2.31. The second kappa shape index (κ2) is 13.7. The van der Waals surface area contributed by atoms with Crippen LogP contribution in [-0.4, -0.2) is 74.9 Å². The molecule has 0 saturated carbocycles. The molecule has 2 aliphatic rings. The van der Waals surface area contributed by atoms with Crippen LogP contribution in [0.15, 0.2) is 36.8 Å². The molecule has 1 N–H and O–H groups in total. The van der Waals surface area contributed by atoms with E-state index in [2.05, 4.69) is 46.3 Å². The average Bonchev–Trinajstić information content (AvgIpc) is 3.01. The maximum atomic E-state index is 15.6. The van der Waals surface area contributed by atoms with Crippen molar-refractivity contribution in [2.24, 2.45) is 0 Å². The second-order valence-corrected chi connectivity index (χ2v) is 17.9. The van der Waals surface area contributed by atoms with Gasteiger partial charge in [-0.15, -0.1) is 0 Å². The molecule has 2 fully saturated rings. The molecule has 1 amide bonds. The Labute approximate surface area is 261 Å². The Balaban J connectivity index is 1.46.